The average Bonchev–Trinajstić information content (AvgIpc) is 2.42. The van der Waals surface area contributed by atoms with Crippen LogP contribution in [0.5, 0.6) is 0 Å². The third kappa shape index (κ3) is 5.09. The molecule has 1 heterocycles. The Balaban J connectivity index is 2.35. The van der Waals surface area contributed by atoms with Crippen LogP contribution in [0.15, 0.2) is 0 Å². The highest BCUT2D eigenvalue weighted by molar-refractivity contribution is 5.78. The summed E-state index contributed by atoms with van der Waals surface area (Å²) in [6.45, 7) is 9.50. The molecule has 0 saturated carbocycles. The number of nitrogens with zero attached hydrogens (tertiary/aromatic N) is 2. The van der Waals surface area contributed by atoms with Gasteiger partial charge in [0.15, 0.2) is 0 Å². The maximum Gasteiger partial charge on any atom is 0.236 e. The fourth-order valence-electron chi connectivity index (χ4n) is 2.76. The van der Waals surface area contributed by atoms with Crippen LogP contribution >= 0.6 is 0 Å². The third-order valence-electron chi connectivity index (χ3n) is 4.04. The Labute approximate surface area is 117 Å². The third-order valence-corrected chi connectivity index (χ3v) is 4.04. The van der Waals surface area contributed by atoms with E-state index in [0.717, 1.165) is 32.6 Å². The highest BCUT2D eigenvalue weighted by Gasteiger charge is 2.30. The van der Waals surface area contributed by atoms with Gasteiger partial charge in [0, 0.05) is 39.8 Å². The lowest BCUT2D eigenvalue weighted by Gasteiger charge is -2.41. The molecule has 5 heteroatoms. The molecular formula is C14H29N3O2. The molecule has 1 aliphatic heterocycles. The van der Waals surface area contributed by atoms with Crippen LogP contribution in [0.3, 0.4) is 0 Å². The topological polar surface area (TPSA) is 44.8 Å². The van der Waals surface area contributed by atoms with Crippen LogP contribution in [0.2, 0.25) is 0 Å². The van der Waals surface area contributed by atoms with E-state index in [1.165, 1.54) is 0 Å². The van der Waals surface area contributed by atoms with E-state index in [4.69, 9.17) is 4.74 Å². The highest BCUT2D eigenvalue weighted by Crippen LogP contribution is 2.20. The molecule has 0 aliphatic carbocycles. The molecule has 0 aromatic carbocycles. The first kappa shape index (κ1) is 16.4. The first-order chi connectivity index (χ1) is 9.10. The van der Waals surface area contributed by atoms with Crippen LogP contribution in [-0.2, 0) is 9.53 Å². The van der Waals surface area contributed by atoms with Gasteiger partial charge in [0.2, 0.25) is 5.91 Å². The molecule has 1 rings (SSSR count). The molecule has 2 atom stereocenters. The highest BCUT2D eigenvalue weighted by atomic mass is 16.5. The summed E-state index contributed by atoms with van der Waals surface area (Å²) in [7, 11) is 3.60. The Morgan fingerprint density at radius 2 is 2.26 bits per heavy atom. The molecule has 1 saturated heterocycles. The number of hydrogen-bond donors (Lipinski definition) is 1. The monoisotopic (exact) mass is 271 g/mol. The predicted octanol–water partition coefficient (Wildman–Crippen LogP) is 0.411. The first-order valence-corrected chi connectivity index (χ1v) is 7.27. The minimum Gasteiger partial charge on any atom is -0.383 e. The maximum absolute atomic E-state index is 12.1. The Bertz CT molecular complexity index is 273. The number of methoxy groups -OCH3 is 1. The van der Waals surface area contributed by atoms with Gasteiger partial charge in [-0.05, 0) is 18.9 Å². The second kappa shape index (κ2) is 8.51. The summed E-state index contributed by atoms with van der Waals surface area (Å²) in [4.78, 5) is 16.5. The number of likely N-dealkylation sites (N-methyl/N-ethyl adjacent to an activating group) is 1. The Hall–Kier alpha value is -0.650. The molecule has 5 nitrogen and oxygen atoms in total. The van der Waals surface area contributed by atoms with E-state index in [-0.39, 0.29) is 5.91 Å². The van der Waals surface area contributed by atoms with Gasteiger partial charge in [0.25, 0.3) is 0 Å². The van der Waals surface area contributed by atoms with Crippen molar-refractivity contribution in [3.8, 4) is 0 Å². The number of nitrogens with one attached hydrogen (secondary N) is 1. The van der Waals surface area contributed by atoms with Gasteiger partial charge in [-0.3, -0.25) is 4.79 Å². The van der Waals surface area contributed by atoms with Gasteiger partial charge < -0.3 is 19.9 Å². The molecule has 112 valence electrons. The van der Waals surface area contributed by atoms with E-state index in [1.807, 2.05) is 11.9 Å². The van der Waals surface area contributed by atoms with Gasteiger partial charge >= 0.3 is 0 Å². The number of carbonyl (C=O) groups is 1. The van der Waals surface area contributed by atoms with Crippen molar-refractivity contribution >= 4 is 5.91 Å². The molecule has 1 amide bonds. The maximum atomic E-state index is 12.1. The van der Waals surface area contributed by atoms with Crippen molar-refractivity contribution in [2.24, 2.45) is 5.92 Å². The second-order valence-electron chi connectivity index (χ2n) is 5.40. The molecular weight excluding hydrogens is 242 g/mol. The molecule has 0 bridgehead atoms. The van der Waals surface area contributed by atoms with Crippen LogP contribution < -0.4 is 5.32 Å². The fraction of sp³-hybridized carbons (Fsp3) is 0.929. The SMILES string of the molecule is CCN1CC[C@@H](N(C)C(=O)CNCCOC)[C@@H](C)C1. The molecule has 0 unspecified atom stereocenters. The fourth-order valence-corrected chi connectivity index (χ4v) is 2.76. The summed E-state index contributed by atoms with van der Waals surface area (Å²) >= 11 is 0. The van der Waals surface area contributed by atoms with E-state index in [9.17, 15) is 4.79 Å². The van der Waals surface area contributed by atoms with Crippen molar-refractivity contribution in [3.63, 3.8) is 0 Å². The Morgan fingerprint density at radius 3 is 2.84 bits per heavy atom. The Kier molecular flexibility index (Phi) is 7.34. The second-order valence-corrected chi connectivity index (χ2v) is 5.40. The van der Waals surface area contributed by atoms with Gasteiger partial charge in [-0.1, -0.05) is 13.8 Å². The van der Waals surface area contributed by atoms with Crippen LogP contribution in [0.4, 0.5) is 0 Å². The summed E-state index contributed by atoms with van der Waals surface area (Å²) in [5, 5.41) is 3.11. The Morgan fingerprint density at radius 1 is 1.53 bits per heavy atom. The number of rotatable bonds is 7. The summed E-state index contributed by atoms with van der Waals surface area (Å²) < 4.78 is 4.95. The van der Waals surface area contributed by atoms with Crippen molar-refractivity contribution in [2.45, 2.75) is 26.3 Å². The molecule has 0 aromatic rings. The van der Waals surface area contributed by atoms with Crippen LogP contribution in [-0.4, -0.2) is 75.2 Å². The largest absolute Gasteiger partial charge is 0.383 e. The summed E-state index contributed by atoms with van der Waals surface area (Å²) in [5.41, 5.74) is 0. The first-order valence-electron chi connectivity index (χ1n) is 7.27. The number of carbonyl (C=O) groups excluding carboxylic acids is 1. The van der Waals surface area contributed by atoms with E-state index in [0.29, 0.717) is 25.1 Å². The van der Waals surface area contributed by atoms with Gasteiger partial charge in [0.05, 0.1) is 13.2 Å². The van der Waals surface area contributed by atoms with Crippen molar-refractivity contribution < 1.29 is 9.53 Å². The molecule has 0 spiro atoms. The van der Waals surface area contributed by atoms with Gasteiger partial charge in [0.1, 0.15) is 0 Å². The summed E-state index contributed by atoms with van der Waals surface area (Å²) in [6.07, 6.45) is 1.08. The van der Waals surface area contributed by atoms with Crippen molar-refractivity contribution in [3.05, 3.63) is 0 Å². The number of ether oxygens (including phenoxy) is 1. The lowest BCUT2D eigenvalue weighted by Crippen LogP contribution is -2.52. The van der Waals surface area contributed by atoms with Gasteiger partial charge in [-0.25, -0.2) is 0 Å². The quantitative estimate of drug-likeness (QED) is 0.681. The lowest BCUT2D eigenvalue weighted by molar-refractivity contribution is -0.133. The zero-order valence-electron chi connectivity index (χ0n) is 12.8. The molecule has 0 aromatic heterocycles. The normalized spacial score (nSPS) is 24.4. The summed E-state index contributed by atoms with van der Waals surface area (Å²) in [6, 6.07) is 0.375. The van der Waals surface area contributed by atoms with E-state index < -0.39 is 0 Å². The van der Waals surface area contributed by atoms with E-state index >= 15 is 0 Å². The predicted molar refractivity (Wildman–Crippen MR) is 77.2 cm³/mol. The average molecular weight is 271 g/mol. The summed E-state index contributed by atoms with van der Waals surface area (Å²) in [5.74, 6) is 0.722. The number of amides is 1. The lowest BCUT2D eigenvalue weighted by atomic mass is 9.92. The minimum absolute atomic E-state index is 0.179. The van der Waals surface area contributed by atoms with Crippen LogP contribution in [0.25, 0.3) is 0 Å². The van der Waals surface area contributed by atoms with E-state index in [2.05, 4.69) is 24.1 Å². The van der Waals surface area contributed by atoms with Crippen LogP contribution in [0, 0.1) is 5.92 Å². The van der Waals surface area contributed by atoms with Gasteiger partial charge in [-0.15, -0.1) is 0 Å². The number of hydrogen-bond acceptors (Lipinski definition) is 4. The minimum atomic E-state index is 0.179. The van der Waals surface area contributed by atoms with Crippen molar-refractivity contribution in [1.29, 1.82) is 0 Å². The molecule has 0 radical (unpaired) electrons. The number of piperidine rings is 1. The molecule has 1 fully saturated rings. The molecule has 1 aliphatic rings. The number of likely N-dealkylation sites (tertiary alicyclic amines) is 1. The standard InChI is InChI=1S/C14H29N3O2/c1-5-17-8-6-13(12(2)11-17)16(3)14(18)10-15-7-9-19-4/h12-13,15H,5-11H2,1-4H3/t12-,13+/m0/s1. The van der Waals surface area contributed by atoms with E-state index in [1.54, 1.807) is 7.11 Å². The zero-order chi connectivity index (χ0) is 14.3. The van der Waals surface area contributed by atoms with Crippen molar-refractivity contribution in [1.82, 2.24) is 15.1 Å². The van der Waals surface area contributed by atoms with Crippen LogP contribution in [0.1, 0.15) is 20.3 Å². The molecule has 1 N–H and O–H groups in total. The smallest absolute Gasteiger partial charge is 0.236 e. The molecule has 19 heavy (non-hydrogen) atoms. The van der Waals surface area contributed by atoms with Crippen molar-refractivity contribution in [2.75, 3.05) is 53.5 Å². The zero-order valence-corrected chi connectivity index (χ0v) is 12.8. The van der Waals surface area contributed by atoms with Gasteiger partial charge in [-0.2, -0.15) is 0 Å².